The van der Waals surface area contributed by atoms with E-state index < -0.39 is 0 Å². The van der Waals surface area contributed by atoms with Crippen molar-refractivity contribution in [1.29, 1.82) is 0 Å². The number of thiazole rings is 1. The molecule has 0 radical (unpaired) electrons. The van der Waals surface area contributed by atoms with Gasteiger partial charge in [0.1, 0.15) is 0 Å². The summed E-state index contributed by atoms with van der Waals surface area (Å²) in [7, 11) is 4.05. The number of nitrogens with zero attached hydrogens (tertiary/aromatic N) is 2. The molecule has 90 valence electrons. The van der Waals surface area contributed by atoms with Crippen LogP contribution in [0, 0.1) is 6.92 Å². The Hall–Kier alpha value is -0.590. The second kappa shape index (κ2) is 6.88. The second-order valence-electron chi connectivity index (χ2n) is 3.70. The number of carbonyl (C=O) groups excluding carboxylic acids is 1. The van der Waals surface area contributed by atoms with Crippen molar-refractivity contribution in [3.8, 4) is 0 Å². The average molecular weight is 259 g/mol. The van der Waals surface area contributed by atoms with Gasteiger partial charge in [-0.25, -0.2) is 4.98 Å². The summed E-state index contributed by atoms with van der Waals surface area (Å²) in [5.74, 6) is 1.49. The van der Waals surface area contributed by atoms with Crippen LogP contribution in [0.1, 0.15) is 5.69 Å². The molecule has 1 aromatic heterocycles. The molecule has 0 aliphatic carbocycles. The number of hydrogen-bond acceptors (Lipinski definition) is 5. The third kappa shape index (κ3) is 5.48. The largest absolute Gasteiger partial charge is 0.309 e. The number of carbonyl (C=O) groups is 1. The average Bonchev–Trinajstić information content (AvgIpc) is 2.58. The molecule has 0 bridgehead atoms. The van der Waals surface area contributed by atoms with Crippen LogP contribution in [-0.4, -0.2) is 47.9 Å². The van der Waals surface area contributed by atoms with E-state index in [0.717, 1.165) is 18.0 Å². The van der Waals surface area contributed by atoms with E-state index in [4.69, 9.17) is 0 Å². The van der Waals surface area contributed by atoms with Gasteiger partial charge in [-0.15, -0.1) is 11.3 Å². The van der Waals surface area contributed by atoms with E-state index in [2.05, 4.69) is 15.2 Å². The van der Waals surface area contributed by atoms with Gasteiger partial charge in [-0.2, -0.15) is 11.8 Å². The maximum atomic E-state index is 11.5. The Morgan fingerprint density at radius 2 is 2.38 bits per heavy atom. The van der Waals surface area contributed by atoms with Crippen molar-refractivity contribution in [2.75, 3.05) is 37.5 Å². The zero-order valence-corrected chi connectivity index (χ0v) is 11.5. The highest BCUT2D eigenvalue weighted by Crippen LogP contribution is 2.14. The van der Waals surface area contributed by atoms with Gasteiger partial charge in [0.2, 0.25) is 5.91 Å². The van der Waals surface area contributed by atoms with E-state index in [0.29, 0.717) is 10.9 Å². The number of anilines is 1. The Kier molecular flexibility index (Phi) is 5.79. The number of amides is 1. The summed E-state index contributed by atoms with van der Waals surface area (Å²) >= 11 is 3.10. The van der Waals surface area contributed by atoms with Gasteiger partial charge in [-0.05, 0) is 21.0 Å². The summed E-state index contributed by atoms with van der Waals surface area (Å²) in [6.07, 6.45) is 0. The summed E-state index contributed by atoms with van der Waals surface area (Å²) in [5, 5.41) is 5.40. The van der Waals surface area contributed by atoms with Crippen LogP contribution in [0.4, 0.5) is 5.13 Å². The minimum atomic E-state index is 0.0260. The topological polar surface area (TPSA) is 45.2 Å². The van der Waals surface area contributed by atoms with Crippen molar-refractivity contribution < 1.29 is 4.79 Å². The van der Waals surface area contributed by atoms with Crippen LogP contribution in [0.2, 0.25) is 0 Å². The number of aromatic nitrogens is 1. The molecule has 0 saturated carbocycles. The highest BCUT2D eigenvalue weighted by atomic mass is 32.2. The van der Waals surface area contributed by atoms with Crippen molar-refractivity contribution in [3.63, 3.8) is 0 Å². The number of rotatable bonds is 6. The molecule has 0 atom stereocenters. The van der Waals surface area contributed by atoms with Crippen molar-refractivity contribution in [1.82, 2.24) is 9.88 Å². The monoisotopic (exact) mass is 259 g/mol. The number of hydrogen-bond donors (Lipinski definition) is 1. The van der Waals surface area contributed by atoms with Gasteiger partial charge in [0.15, 0.2) is 5.13 Å². The predicted octanol–water partition coefficient (Wildman–Crippen LogP) is 1.68. The summed E-state index contributed by atoms with van der Waals surface area (Å²) < 4.78 is 0. The summed E-state index contributed by atoms with van der Waals surface area (Å²) in [6.45, 7) is 2.91. The van der Waals surface area contributed by atoms with E-state index in [1.807, 2.05) is 26.4 Å². The fourth-order valence-corrected chi connectivity index (χ4v) is 2.58. The lowest BCUT2D eigenvalue weighted by Crippen LogP contribution is -2.18. The lowest BCUT2D eigenvalue weighted by Gasteiger charge is -2.08. The Balaban J connectivity index is 2.16. The standard InChI is InChI=1S/C10H17N3OS2/c1-8-6-16-10(11-8)12-9(14)7-15-5-4-13(2)3/h6H,4-5,7H2,1-3H3,(H,11,12,14). The third-order valence-corrected chi connectivity index (χ3v) is 3.59. The molecule has 0 aromatic carbocycles. The van der Waals surface area contributed by atoms with Crippen LogP contribution < -0.4 is 5.32 Å². The molecular weight excluding hydrogens is 242 g/mol. The number of nitrogens with one attached hydrogen (secondary N) is 1. The van der Waals surface area contributed by atoms with Crippen LogP contribution in [0.25, 0.3) is 0 Å². The number of thioether (sulfide) groups is 1. The van der Waals surface area contributed by atoms with E-state index >= 15 is 0 Å². The first kappa shape index (κ1) is 13.5. The van der Waals surface area contributed by atoms with Gasteiger partial charge in [0.05, 0.1) is 11.4 Å². The first-order valence-electron chi connectivity index (χ1n) is 5.02. The fraction of sp³-hybridized carbons (Fsp3) is 0.600. The molecule has 1 aromatic rings. The molecule has 1 amide bonds. The minimum absolute atomic E-state index is 0.0260. The SMILES string of the molecule is Cc1csc(NC(=O)CSCCN(C)C)n1. The maximum Gasteiger partial charge on any atom is 0.236 e. The smallest absolute Gasteiger partial charge is 0.236 e. The molecule has 1 N–H and O–H groups in total. The highest BCUT2D eigenvalue weighted by molar-refractivity contribution is 7.99. The Labute approximate surface area is 104 Å². The summed E-state index contributed by atoms with van der Waals surface area (Å²) in [6, 6.07) is 0. The Morgan fingerprint density at radius 1 is 1.62 bits per heavy atom. The van der Waals surface area contributed by atoms with Crippen LogP contribution in [0.5, 0.6) is 0 Å². The lowest BCUT2D eigenvalue weighted by molar-refractivity contribution is -0.113. The molecular formula is C10H17N3OS2. The normalized spacial score (nSPS) is 10.8. The third-order valence-electron chi connectivity index (χ3n) is 1.78. The second-order valence-corrected chi connectivity index (χ2v) is 5.66. The van der Waals surface area contributed by atoms with Gasteiger partial charge in [-0.1, -0.05) is 0 Å². The van der Waals surface area contributed by atoms with Gasteiger partial charge >= 0.3 is 0 Å². The van der Waals surface area contributed by atoms with E-state index in [1.165, 1.54) is 11.3 Å². The van der Waals surface area contributed by atoms with Gasteiger partial charge < -0.3 is 10.2 Å². The van der Waals surface area contributed by atoms with E-state index in [-0.39, 0.29) is 5.91 Å². The molecule has 1 heterocycles. The molecule has 0 spiro atoms. The zero-order chi connectivity index (χ0) is 12.0. The molecule has 0 unspecified atom stereocenters. The molecule has 6 heteroatoms. The molecule has 4 nitrogen and oxygen atoms in total. The van der Waals surface area contributed by atoms with Gasteiger partial charge in [-0.3, -0.25) is 4.79 Å². The zero-order valence-electron chi connectivity index (χ0n) is 9.82. The molecule has 16 heavy (non-hydrogen) atoms. The molecule has 0 aliphatic rings. The predicted molar refractivity (Wildman–Crippen MR) is 71.4 cm³/mol. The summed E-state index contributed by atoms with van der Waals surface area (Å²) in [4.78, 5) is 17.8. The first-order chi connectivity index (χ1) is 7.58. The highest BCUT2D eigenvalue weighted by Gasteiger charge is 2.05. The quantitative estimate of drug-likeness (QED) is 0.790. The van der Waals surface area contributed by atoms with Crippen LogP contribution in [0.3, 0.4) is 0 Å². The van der Waals surface area contributed by atoms with Crippen LogP contribution >= 0.6 is 23.1 Å². The van der Waals surface area contributed by atoms with Crippen molar-refractivity contribution in [3.05, 3.63) is 11.1 Å². The first-order valence-corrected chi connectivity index (χ1v) is 7.06. The van der Waals surface area contributed by atoms with Crippen molar-refractivity contribution in [2.24, 2.45) is 0 Å². The minimum Gasteiger partial charge on any atom is -0.309 e. The number of aryl methyl sites for hydroxylation is 1. The van der Waals surface area contributed by atoms with Crippen molar-refractivity contribution >= 4 is 34.1 Å². The molecule has 0 saturated heterocycles. The fourth-order valence-electron chi connectivity index (χ4n) is 0.979. The molecule has 1 rings (SSSR count). The van der Waals surface area contributed by atoms with E-state index in [9.17, 15) is 4.79 Å². The Bertz CT molecular complexity index is 339. The van der Waals surface area contributed by atoms with Crippen LogP contribution in [-0.2, 0) is 4.79 Å². The lowest BCUT2D eigenvalue weighted by atomic mass is 10.6. The molecule has 0 fully saturated rings. The van der Waals surface area contributed by atoms with Gasteiger partial charge in [0, 0.05) is 17.7 Å². The van der Waals surface area contributed by atoms with Crippen molar-refractivity contribution in [2.45, 2.75) is 6.92 Å². The van der Waals surface area contributed by atoms with Gasteiger partial charge in [0.25, 0.3) is 0 Å². The Morgan fingerprint density at radius 3 is 2.94 bits per heavy atom. The van der Waals surface area contributed by atoms with Crippen LogP contribution in [0.15, 0.2) is 5.38 Å². The van der Waals surface area contributed by atoms with E-state index in [1.54, 1.807) is 11.8 Å². The summed E-state index contributed by atoms with van der Waals surface area (Å²) in [5.41, 5.74) is 0.945. The maximum absolute atomic E-state index is 11.5. The molecule has 0 aliphatic heterocycles.